The zero-order valence-corrected chi connectivity index (χ0v) is 11.6. The number of benzene rings is 1. The molecule has 1 aromatic heterocycles. The summed E-state index contributed by atoms with van der Waals surface area (Å²) in [6, 6.07) is 13.7. The normalized spacial score (nSPS) is 10.3. The lowest BCUT2D eigenvalue weighted by Gasteiger charge is -2.08. The van der Waals surface area contributed by atoms with Crippen LogP contribution in [0.3, 0.4) is 0 Å². The minimum absolute atomic E-state index is 0.634. The lowest BCUT2D eigenvalue weighted by Crippen LogP contribution is -2.21. The molecule has 18 heavy (non-hydrogen) atoms. The van der Waals surface area contributed by atoms with Crippen LogP contribution in [-0.4, -0.2) is 18.1 Å². The molecule has 1 aromatic carbocycles. The topological polar surface area (TPSA) is 34.1 Å². The highest BCUT2D eigenvalue weighted by atomic mass is 79.9. The Morgan fingerprint density at radius 3 is 2.72 bits per heavy atom. The molecule has 0 aliphatic rings. The minimum Gasteiger partial charge on any atom is -0.491 e. The molecule has 0 saturated heterocycles. The van der Waals surface area contributed by atoms with Gasteiger partial charge >= 0.3 is 0 Å². The number of para-hydroxylation sites is 1. The van der Waals surface area contributed by atoms with Crippen molar-refractivity contribution in [3.8, 4) is 5.75 Å². The van der Waals surface area contributed by atoms with E-state index in [0.717, 1.165) is 29.0 Å². The Kier molecular flexibility index (Phi) is 5.17. The molecular weight excluding hydrogens is 292 g/mol. The third kappa shape index (κ3) is 4.13. The zero-order chi connectivity index (χ0) is 12.6. The van der Waals surface area contributed by atoms with Crippen LogP contribution >= 0.6 is 15.9 Å². The predicted octanol–water partition coefficient (Wildman–Crippen LogP) is 3.01. The number of halogens is 1. The van der Waals surface area contributed by atoms with Gasteiger partial charge < -0.3 is 10.1 Å². The molecule has 0 radical (unpaired) electrons. The average molecular weight is 307 g/mol. The van der Waals surface area contributed by atoms with Gasteiger partial charge in [-0.05, 0) is 40.2 Å². The van der Waals surface area contributed by atoms with Crippen LogP contribution < -0.4 is 10.1 Å². The van der Waals surface area contributed by atoms with Gasteiger partial charge in [-0.25, -0.2) is 0 Å². The van der Waals surface area contributed by atoms with E-state index < -0.39 is 0 Å². The van der Waals surface area contributed by atoms with Gasteiger partial charge in [0.25, 0.3) is 0 Å². The summed E-state index contributed by atoms with van der Waals surface area (Å²) < 4.78 is 6.63. The van der Waals surface area contributed by atoms with Crippen molar-refractivity contribution in [2.75, 3.05) is 13.2 Å². The fourth-order valence-corrected chi connectivity index (χ4v) is 1.91. The fourth-order valence-electron chi connectivity index (χ4n) is 1.51. The second kappa shape index (κ2) is 7.13. The molecular formula is C14H15BrN2O. The van der Waals surface area contributed by atoms with E-state index in [1.165, 1.54) is 0 Å². The van der Waals surface area contributed by atoms with Crippen molar-refractivity contribution < 1.29 is 4.74 Å². The molecule has 2 rings (SSSR count). The summed E-state index contributed by atoms with van der Waals surface area (Å²) in [5.41, 5.74) is 1.04. The Labute approximate surface area is 115 Å². The lowest BCUT2D eigenvalue weighted by molar-refractivity contribution is 0.311. The third-order valence-electron chi connectivity index (χ3n) is 2.41. The van der Waals surface area contributed by atoms with Crippen molar-refractivity contribution in [2.45, 2.75) is 6.54 Å². The number of ether oxygens (including phenoxy) is 1. The van der Waals surface area contributed by atoms with Crippen LogP contribution in [0.15, 0.2) is 53.1 Å². The average Bonchev–Trinajstić information content (AvgIpc) is 2.42. The van der Waals surface area contributed by atoms with E-state index >= 15 is 0 Å². The number of nitrogens with zero attached hydrogens (tertiary/aromatic N) is 1. The van der Waals surface area contributed by atoms with Gasteiger partial charge in [0.15, 0.2) is 0 Å². The molecule has 0 fully saturated rings. The Morgan fingerprint density at radius 1 is 1.11 bits per heavy atom. The number of aromatic nitrogens is 1. The third-order valence-corrected chi connectivity index (χ3v) is 3.06. The summed E-state index contributed by atoms with van der Waals surface area (Å²) in [7, 11) is 0. The van der Waals surface area contributed by atoms with Crippen LogP contribution in [0, 0.1) is 0 Å². The van der Waals surface area contributed by atoms with E-state index in [0.29, 0.717) is 6.61 Å². The second-order valence-electron chi connectivity index (χ2n) is 3.78. The highest BCUT2D eigenvalue weighted by Crippen LogP contribution is 2.23. The molecule has 1 N–H and O–H groups in total. The monoisotopic (exact) mass is 306 g/mol. The van der Waals surface area contributed by atoms with Crippen LogP contribution in [0.1, 0.15) is 5.69 Å². The number of nitrogens with one attached hydrogen (secondary N) is 1. The summed E-state index contributed by atoms with van der Waals surface area (Å²) in [6.45, 7) is 2.19. The highest BCUT2D eigenvalue weighted by molar-refractivity contribution is 9.10. The smallest absolute Gasteiger partial charge is 0.133 e. The molecule has 0 unspecified atom stereocenters. The van der Waals surface area contributed by atoms with Crippen molar-refractivity contribution >= 4 is 15.9 Å². The molecule has 94 valence electrons. The Bertz CT molecular complexity index is 476. The first-order valence-corrected chi connectivity index (χ1v) is 6.63. The second-order valence-corrected chi connectivity index (χ2v) is 4.63. The summed E-state index contributed by atoms with van der Waals surface area (Å²) in [5.74, 6) is 0.872. The Balaban J connectivity index is 1.66. The molecule has 0 atom stereocenters. The molecule has 0 spiro atoms. The molecule has 4 heteroatoms. The zero-order valence-electron chi connectivity index (χ0n) is 9.97. The summed E-state index contributed by atoms with van der Waals surface area (Å²) in [5, 5.41) is 3.29. The Morgan fingerprint density at radius 2 is 1.94 bits per heavy atom. The van der Waals surface area contributed by atoms with E-state index in [-0.39, 0.29) is 0 Å². The first-order chi connectivity index (χ1) is 8.86. The molecule has 3 nitrogen and oxygen atoms in total. The maximum atomic E-state index is 5.64. The number of pyridine rings is 1. The van der Waals surface area contributed by atoms with Gasteiger partial charge in [0.1, 0.15) is 12.4 Å². The molecule has 0 aliphatic carbocycles. The van der Waals surface area contributed by atoms with Crippen molar-refractivity contribution in [1.29, 1.82) is 0 Å². The molecule has 0 aliphatic heterocycles. The quantitative estimate of drug-likeness (QED) is 0.833. The van der Waals surface area contributed by atoms with Gasteiger partial charge in [-0.3, -0.25) is 4.98 Å². The molecule has 0 amide bonds. The lowest BCUT2D eigenvalue weighted by atomic mass is 10.3. The summed E-state index contributed by atoms with van der Waals surface area (Å²) >= 11 is 3.45. The highest BCUT2D eigenvalue weighted by Gasteiger charge is 1.98. The Hall–Kier alpha value is -1.39. The van der Waals surface area contributed by atoms with Gasteiger partial charge in [-0.2, -0.15) is 0 Å². The van der Waals surface area contributed by atoms with Gasteiger partial charge in [-0.15, -0.1) is 0 Å². The van der Waals surface area contributed by atoms with Crippen molar-refractivity contribution in [3.05, 3.63) is 58.8 Å². The first kappa shape index (κ1) is 13.1. The maximum absolute atomic E-state index is 5.64. The molecule has 2 aromatic rings. The predicted molar refractivity (Wildman–Crippen MR) is 75.6 cm³/mol. The van der Waals surface area contributed by atoms with Gasteiger partial charge in [0.05, 0.1) is 10.2 Å². The van der Waals surface area contributed by atoms with Crippen molar-refractivity contribution in [3.63, 3.8) is 0 Å². The fraction of sp³-hybridized carbons (Fsp3) is 0.214. The SMILES string of the molecule is Brc1ccccc1OCCNCc1ccccn1. The van der Waals surface area contributed by atoms with E-state index in [1.807, 2.05) is 42.5 Å². The van der Waals surface area contributed by atoms with Gasteiger partial charge in [0.2, 0.25) is 0 Å². The van der Waals surface area contributed by atoms with E-state index in [4.69, 9.17) is 4.74 Å². The number of hydrogen-bond acceptors (Lipinski definition) is 3. The molecule has 0 saturated carbocycles. The van der Waals surface area contributed by atoms with Crippen LogP contribution in [0.25, 0.3) is 0 Å². The van der Waals surface area contributed by atoms with Crippen LogP contribution in [0.2, 0.25) is 0 Å². The van der Waals surface area contributed by atoms with E-state index in [1.54, 1.807) is 6.20 Å². The maximum Gasteiger partial charge on any atom is 0.133 e. The first-order valence-electron chi connectivity index (χ1n) is 5.84. The van der Waals surface area contributed by atoms with Gasteiger partial charge in [-0.1, -0.05) is 18.2 Å². The van der Waals surface area contributed by atoms with E-state index in [9.17, 15) is 0 Å². The van der Waals surface area contributed by atoms with E-state index in [2.05, 4.69) is 26.2 Å². The van der Waals surface area contributed by atoms with Crippen LogP contribution in [-0.2, 0) is 6.54 Å². The number of rotatable bonds is 6. The number of hydrogen-bond donors (Lipinski definition) is 1. The van der Waals surface area contributed by atoms with Crippen LogP contribution in [0.5, 0.6) is 5.75 Å². The largest absolute Gasteiger partial charge is 0.491 e. The summed E-state index contributed by atoms with van der Waals surface area (Å²) in [6.07, 6.45) is 1.80. The van der Waals surface area contributed by atoms with Gasteiger partial charge in [0, 0.05) is 19.3 Å². The molecule has 0 bridgehead atoms. The van der Waals surface area contributed by atoms with Crippen LogP contribution in [0.4, 0.5) is 0 Å². The minimum atomic E-state index is 0.634. The standard InChI is InChI=1S/C14H15BrN2O/c15-13-6-1-2-7-14(13)18-10-9-16-11-12-5-3-4-8-17-12/h1-8,16H,9-11H2. The van der Waals surface area contributed by atoms with Crippen molar-refractivity contribution in [2.24, 2.45) is 0 Å². The summed E-state index contributed by atoms with van der Waals surface area (Å²) in [4.78, 5) is 4.24. The molecule has 1 heterocycles. The van der Waals surface area contributed by atoms with Crippen molar-refractivity contribution in [1.82, 2.24) is 10.3 Å².